The molecule has 162 valence electrons. The van der Waals surface area contributed by atoms with E-state index in [2.05, 4.69) is 0 Å². The number of sulfonamides is 1. The first-order valence-corrected chi connectivity index (χ1v) is 10.3. The number of nitrogens with zero attached hydrogens (tertiary/aromatic N) is 2. The molecule has 1 heterocycles. The number of nitrogens with one attached hydrogen (secondary N) is 2. The molecule has 0 aliphatic carbocycles. The third kappa shape index (κ3) is 6.68. The van der Waals surface area contributed by atoms with Crippen LogP contribution in [0.1, 0.15) is 11.1 Å². The minimum atomic E-state index is -4.57. The van der Waals surface area contributed by atoms with Crippen molar-refractivity contribution >= 4 is 22.0 Å². The third-order valence-electron chi connectivity index (χ3n) is 4.35. The van der Waals surface area contributed by atoms with Crippen LogP contribution in [0.3, 0.4) is 0 Å². The van der Waals surface area contributed by atoms with E-state index in [0.29, 0.717) is 5.56 Å². The fraction of sp³-hybridized carbons (Fsp3) is 0.529. The number of carbonyl (C=O) groups is 2. The van der Waals surface area contributed by atoms with E-state index >= 15 is 0 Å². The first kappa shape index (κ1) is 23.1. The van der Waals surface area contributed by atoms with Gasteiger partial charge in [0.1, 0.15) is 6.54 Å². The lowest BCUT2D eigenvalue weighted by Crippen LogP contribution is -2.52. The van der Waals surface area contributed by atoms with Crippen LogP contribution in [0.25, 0.3) is 0 Å². The molecular formula is C17H23F3N4O4S. The van der Waals surface area contributed by atoms with Crippen LogP contribution in [0.5, 0.6) is 0 Å². The molecule has 0 radical (unpaired) electrons. The number of halogens is 3. The monoisotopic (exact) mass is 436 g/mol. The molecule has 0 bridgehead atoms. The van der Waals surface area contributed by atoms with Crippen LogP contribution in [0.4, 0.5) is 18.0 Å². The van der Waals surface area contributed by atoms with Gasteiger partial charge in [-0.15, -0.1) is 0 Å². The number of aryl methyl sites for hydroxylation is 2. The smallest absolute Gasteiger partial charge is 0.329 e. The molecular weight excluding hydrogens is 413 g/mol. The number of hydrogen-bond acceptors (Lipinski definition) is 5. The molecule has 1 fully saturated rings. The Kier molecular flexibility index (Phi) is 7.25. The van der Waals surface area contributed by atoms with Gasteiger partial charge in [0, 0.05) is 26.2 Å². The van der Waals surface area contributed by atoms with Crippen molar-refractivity contribution in [2.75, 3.05) is 39.3 Å². The summed E-state index contributed by atoms with van der Waals surface area (Å²) in [6, 6.07) is 3.85. The fourth-order valence-corrected chi connectivity index (χ4v) is 4.58. The average molecular weight is 436 g/mol. The first-order chi connectivity index (χ1) is 13.4. The van der Waals surface area contributed by atoms with E-state index in [4.69, 9.17) is 0 Å². The second kappa shape index (κ2) is 9.09. The van der Waals surface area contributed by atoms with Crippen molar-refractivity contribution in [1.29, 1.82) is 0 Å². The third-order valence-corrected chi connectivity index (χ3v) is 6.41. The summed E-state index contributed by atoms with van der Waals surface area (Å²) in [5, 5.41) is 3.36. The van der Waals surface area contributed by atoms with E-state index in [0.717, 1.165) is 5.56 Å². The van der Waals surface area contributed by atoms with Gasteiger partial charge in [0.2, 0.25) is 15.9 Å². The summed E-state index contributed by atoms with van der Waals surface area (Å²) < 4.78 is 63.1. The van der Waals surface area contributed by atoms with Crippen molar-refractivity contribution in [3.8, 4) is 0 Å². The Morgan fingerprint density at radius 3 is 2.28 bits per heavy atom. The topological polar surface area (TPSA) is 98.8 Å². The summed E-state index contributed by atoms with van der Waals surface area (Å²) in [6.45, 7) is 2.65. The molecule has 1 aromatic carbocycles. The maximum Gasteiger partial charge on any atom is 0.405 e. The summed E-state index contributed by atoms with van der Waals surface area (Å²) in [7, 11) is -3.67. The highest BCUT2D eigenvalue weighted by Crippen LogP contribution is 2.22. The minimum absolute atomic E-state index is 0.156. The number of carbonyl (C=O) groups excluding carboxylic acids is 2. The van der Waals surface area contributed by atoms with Gasteiger partial charge in [-0.3, -0.25) is 15.0 Å². The molecule has 29 heavy (non-hydrogen) atoms. The number of imide groups is 1. The zero-order valence-electron chi connectivity index (χ0n) is 16.0. The van der Waals surface area contributed by atoms with Gasteiger partial charge in [-0.1, -0.05) is 17.7 Å². The summed E-state index contributed by atoms with van der Waals surface area (Å²) in [4.78, 5) is 24.9. The molecule has 1 aromatic rings. The lowest BCUT2D eigenvalue weighted by Gasteiger charge is -2.33. The predicted octanol–water partition coefficient (Wildman–Crippen LogP) is 0.998. The number of urea groups is 1. The van der Waals surface area contributed by atoms with Crippen LogP contribution in [-0.4, -0.2) is 75.0 Å². The van der Waals surface area contributed by atoms with Crippen molar-refractivity contribution in [3.05, 3.63) is 29.3 Å². The molecule has 8 nitrogen and oxygen atoms in total. The number of benzene rings is 1. The Bertz CT molecular complexity index is 866. The van der Waals surface area contributed by atoms with E-state index in [1.807, 2.05) is 12.2 Å². The van der Waals surface area contributed by atoms with E-state index < -0.39 is 34.7 Å². The first-order valence-electron chi connectivity index (χ1n) is 8.83. The Morgan fingerprint density at radius 2 is 1.72 bits per heavy atom. The van der Waals surface area contributed by atoms with Crippen LogP contribution in [0.2, 0.25) is 0 Å². The minimum Gasteiger partial charge on any atom is -0.329 e. The van der Waals surface area contributed by atoms with Crippen LogP contribution < -0.4 is 10.6 Å². The summed E-state index contributed by atoms with van der Waals surface area (Å²) >= 11 is 0. The van der Waals surface area contributed by atoms with Crippen molar-refractivity contribution in [3.63, 3.8) is 0 Å². The highest BCUT2D eigenvalue weighted by atomic mass is 32.2. The van der Waals surface area contributed by atoms with E-state index in [9.17, 15) is 31.2 Å². The summed E-state index contributed by atoms with van der Waals surface area (Å²) in [5.41, 5.74) is 1.60. The van der Waals surface area contributed by atoms with Crippen LogP contribution in [0, 0.1) is 13.8 Å². The van der Waals surface area contributed by atoms with Gasteiger partial charge in [-0.05, 0) is 25.5 Å². The van der Waals surface area contributed by atoms with Crippen molar-refractivity contribution < 1.29 is 31.2 Å². The zero-order valence-corrected chi connectivity index (χ0v) is 16.9. The van der Waals surface area contributed by atoms with Gasteiger partial charge in [0.25, 0.3) is 0 Å². The predicted molar refractivity (Wildman–Crippen MR) is 98.7 cm³/mol. The van der Waals surface area contributed by atoms with Crippen molar-refractivity contribution in [2.45, 2.75) is 24.9 Å². The molecule has 0 atom stereocenters. The molecule has 2 N–H and O–H groups in total. The molecule has 0 aromatic heterocycles. The van der Waals surface area contributed by atoms with Crippen LogP contribution in [-0.2, 0) is 14.8 Å². The molecule has 0 unspecified atom stereocenters. The quantitative estimate of drug-likeness (QED) is 0.718. The molecule has 2 rings (SSSR count). The number of alkyl halides is 3. The van der Waals surface area contributed by atoms with Gasteiger partial charge in [0.05, 0.1) is 11.4 Å². The number of amides is 3. The fourth-order valence-electron chi connectivity index (χ4n) is 2.95. The second-order valence-corrected chi connectivity index (χ2v) is 8.70. The van der Waals surface area contributed by atoms with E-state index in [-0.39, 0.29) is 37.6 Å². The maximum atomic E-state index is 12.8. The summed E-state index contributed by atoms with van der Waals surface area (Å²) in [5.74, 6) is -0.768. The van der Waals surface area contributed by atoms with E-state index in [1.54, 1.807) is 35.3 Å². The lowest BCUT2D eigenvalue weighted by atomic mass is 10.2. The Hall–Kier alpha value is -2.18. The largest absolute Gasteiger partial charge is 0.405 e. The van der Waals surface area contributed by atoms with Crippen molar-refractivity contribution in [1.82, 2.24) is 19.8 Å². The van der Waals surface area contributed by atoms with Gasteiger partial charge >= 0.3 is 12.2 Å². The highest BCUT2D eigenvalue weighted by Gasteiger charge is 2.31. The van der Waals surface area contributed by atoms with Gasteiger partial charge < -0.3 is 5.32 Å². The molecule has 1 saturated heterocycles. The van der Waals surface area contributed by atoms with Gasteiger partial charge in [-0.25, -0.2) is 13.2 Å². The molecule has 0 spiro atoms. The second-order valence-electron chi connectivity index (χ2n) is 6.80. The van der Waals surface area contributed by atoms with Crippen molar-refractivity contribution in [2.24, 2.45) is 0 Å². The van der Waals surface area contributed by atoms with Crippen LogP contribution >= 0.6 is 0 Å². The molecule has 12 heteroatoms. The number of piperazine rings is 1. The normalized spacial score (nSPS) is 16.4. The Labute approximate surface area is 167 Å². The molecule has 1 aliphatic heterocycles. The zero-order chi connectivity index (χ0) is 21.8. The standard InChI is InChI=1S/C17H23F3N4O4S/c1-12-3-4-14(13(2)9-12)29(27,28)24-7-5-23(6-8-24)10-15(25)22-16(26)21-11-17(18,19)20/h3-4,9H,5-8,10-11H2,1-2H3,(H2,21,22,25,26). The lowest BCUT2D eigenvalue weighted by molar-refractivity contribution is -0.125. The molecule has 0 saturated carbocycles. The van der Waals surface area contributed by atoms with Gasteiger partial charge in [0.15, 0.2) is 0 Å². The molecule has 1 aliphatic rings. The number of hydrogen-bond donors (Lipinski definition) is 2. The number of rotatable bonds is 5. The maximum absolute atomic E-state index is 12.8. The highest BCUT2D eigenvalue weighted by molar-refractivity contribution is 7.89. The Morgan fingerprint density at radius 1 is 1.10 bits per heavy atom. The summed E-state index contributed by atoms with van der Waals surface area (Å²) in [6.07, 6.45) is -4.57. The van der Waals surface area contributed by atoms with Gasteiger partial charge in [-0.2, -0.15) is 17.5 Å². The Balaban J connectivity index is 1.85. The van der Waals surface area contributed by atoms with Crippen LogP contribution in [0.15, 0.2) is 23.1 Å². The van der Waals surface area contributed by atoms with E-state index in [1.165, 1.54) is 4.31 Å². The SMILES string of the molecule is Cc1ccc(S(=O)(=O)N2CCN(CC(=O)NC(=O)NCC(F)(F)F)CC2)c(C)c1. The molecule has 3 amide bonds. The average Bonchev–Trinajstić information content (AvgIpc) is 2.59.